The van der Waals surface area contributed by atoms with Gasteiger partial charge in [0, 0.05) is 26.2 Å². The standard InChI is InChI=1S/C10H19NO4/c1-2-13-9-10(12)15-8-5-11-3-6-14-7-4-11/h2-9H2,1H3. The molecule has 1 heterocycles. The summed E-state index contributed by atoms with van der Waals surface area (Å²) in [5, 5.41) is 0. The van der Waals surface area contributed by atoms with E-state index in [4.69, 9.17) is 14.2 Å². The van der Waals surface area contributed by atoms with Crippen LogP contribution in [0.2, 0.25) is 0 Å². The summed E-state index contributed by atoms with van der Waals surface area (Å²) in [6.07, 6.45) is 0. The second-order valence-corrected chi connectivity index (χ2v) is 3.31. The maximum atomic E-state index is 11.1. The van der Waals surface area contributed by atoms with Crippen molar-refractivity contribution in [2.24, 2.45) is 0 Å². The van der Waals surface area contributed by atoms with Crippen LogP contribution in [0.25, 0.3) is 0 Å². The largest absolute Gasteiger partial charge is 0.463 e. The smallest absolute Gasteiger partial charge is 0.332 e. The van der Waals surface area contributed by atoms with E-state index in [1.54, 1.807) is 0 Å². The van der Waals surface area contributed by atoms with Gasteiger partial charge in [-0.15, -0.1) is 0 Å². The second-order valence-electron chi connectivity index (χ2n) is 3.31. The molecule has 1 aliphatic heterocycles. The molecule has 0 aromatic carbocycles. The molecule has 0 atom stereocenters. The van der Waals surface area contributed by atoms with Crippen molar-refractivity contribution < 1.29 is 19.0 Å². The molecule has 0 unspecified atom stereocenters. The summed E-state index contributed by atoms with van der Waals surface area (Å²) >= 11 is 0. The first-order valence-corrected chi connectivity index (χ1v) is 5.36. The highest BCUT2D eigenvalue weighted by Gasteiger charge is 2.10. The van der Waals surface area contributed by atoms with Gasteiger partial charge in [0.2, 0.25) is 0 Å². The summed E-state index contributed by atoms with van der Waals surface area (Å²) < 4.78 is 15.1. The number of ether oxygens (including phenoxy) is 3. The second kappa shape index (κ2) is 7.62. The first-order valence-electron chi connectivity index (χ1n) is 5.36. The molecular weight excluding hydrogens is 198 g/mol. The lowest BCUT2D eigenvalue weighted by Gasteiger charge is -2.26. The topological polar surface area (TPSA) is 48.0 Å². The lowest BCUT2D eigenvalue weighted by molar-refractivity contribution is -0.149. The first-order chi connectivity index (χ1) is 7.33. The average Bonchev–Trinajstić information content (AvgIpc) is 2.28. The van der Waals surface area contributed by atoms with Crippen LogP contribution in [0.15, 0.2) is 0 Å². The van der Waals surface area contributed by atoms with Gasteiger partial charge in [0.25, 0.3) is 0 Å². The van der Waals surface area contributed by atoms with Crippen LogP contribution < -0.4 is 0 Å². The first kappa shape index (κ1) is 12.4. The van der Waals surface area contributed by atoms with Crippen LogP contribution in [-0.2, 0) is 19.0 Å². The Balaban J connectivity index is 1.97. The molecule has 0 amide bonds. The normalized spacial score (nSPS) is 17.7. The fourth-order valence-electron chi connectivity index (χ4n) is 1.34. The minimum Gasteiger partial charge on any atom is -0.463 e. The van der Waals surface area contributed by atoms with Crippen LogP contribution >= 0.6 is 0 Å². The minimum absolute atomic E-state index is 0.0552. The van der Waals surface area contributed by atoms with Gasteiger partial charge in [-0.3, -0.25) is 4.90 Å². The summed E-state index contributed by atoms with van der Waals surface area (Å²) in [5.74, 6) is -0.287. The highest BCUT2D eigenvalue weighted by Crippen LogP contribution is 1.95. The quantitative estimate of drug-likeness (QED) is 0.581. The van der Waals surface area contributed by atoms with Gasteiger partial charge in [-0.25, -0.2) is 4.79 Å². The third-order valence-electron chi connectivity index (χ3n) is 2.20. The number of carbonyl (C=O) groups excluding carboxylic acids is 1. The molecule has 88 valence electrons. The molecule has 15 heavy (non-hydrogen) atoms. The molecule has 1 fully saturated rings. The van der Waals surface area contributed by atoms with Gasteiger partial charge in [-0.1, -0.05) is 0 Å². The molecule has 5 heteroatoms. The number of morpholine rings is 1. The van der Waals surface area contributed by atoms with Crippen LogP contribution in [0.1, 0.15) is 6.92 Å². The minimum atomic E-state index is -0.287. The van der Waals surface area contributed by atoms with Crippen molar-refractivity contribution in [3.05, 3.63) is 0 Å². The summed E-state index contributed by atoms with van der Waals surface area (Å²) in [4.78, 5) is 13.3. The fraction of sp³-hybridized carbons (Fsp3) is 0.900. The molecule has 0 saturated carbocycles. The van der Waals surface area contributed by atoms with E-state index < -0.39 is 0 Å². The van der Waals surface area contributed by atoms with Gasteiger partial charge >= 0.3 is 5.97 Å². The summed E-state index contributed by atoms with van der Waals surface area (Å²) in [6, 6.07) is 0. The predicted molar refractivity (Wildman–Crippen MR) is 54.7 cm³/mol. The summed E-state index contributed by atoms with van der Waals surface area (Å²) in [6.45, 7) is 7.04. The van der Waals surface area contributed by atoms with E-state index >= 15 is 0 Å². The molecule has 0 bridgehead atoms. The van der Waals surface area contributed by atoms with Crippen LogP contribution in [0.4, 0.5) is 0 Å². The van der Waals surface area contributed by atoms with E-state index in [2.05, 4.69) is 4.90 Å². The molecule has 0 aliphatic carbocycles. The molecular formula is C10H19NO4. The van der Waals surface area contributed by atoms with Crippen LogP contribution in [-0.4, -0.2) is 63.5 Å². The van der Waals surface area contributed by atoms with Crippen molar-refractivity contribution in [2.45, 2.75) is 6.92 Å². The monoisotopic (exact) mass is 217 g/mol. The molecule has 0 aromatic heterocycles. The molecule has 0 spiro atoms. The molecule has 5 nitrogen and oxygen atoms in total. The Morgan fingerprint density at radius 3 is 2.80 bits per heavy atom. The number of hydrogen-bond acceptors (Lipinski definition) is 5. The lowest BCUT2D eigenvalue weighted by Crippen LogP contribution is -2.38. The number of hydrogen-bond donors (Lipinski definition) is 0. The van der Waals surface area contributed by atoms with Gasteiger partial charge in [0.1, 0.15) is 13.2 Å². The van der Waals surface area contributed by atoms with Gasteiger partial charge in [0.15, 0.2) is 0 Å². The van der Waals surface area contributed by atoms with Crippen molar-refractivity contribution in [3.8, 4) is 0 Å². The Kier molecular flexibility index (Phi) is 6.31. The number of carbonyl (C=O) groups is 1. The van der Waals surface area contributed by atoms with Crippen molar-refractivity contribution in [2.75, 3.05) is 52.7 Å². The van der Waals surface area contributed by atoms with Crippen molar-refractivity contribution in [1.82, 2.24) is 4.90 Å². The average molecular weight is 217 g/mol. The SMILES string of the molecule is CCOCC(=O)OCCN1CCOCC1. The van der Waals surface area contributed by atoms with Gasteiger partial charge in [0.05, 0.1) is 13.2 Å². The number of esters is 1. The Morgan fingerprint density at radius 1 is 1.40 bits per heavy atom. The van der Waals surface area contributed by atoms with Crippen molar-refractivity contribution >= 4 is 5.97 Å². The Labute approximate surface area is 90.3 Å². The van der Waals surface area contributed by atoms with E-state index in [0.29, 0.717) is 13.2 Å². The van der Waals surface area contributed by atoms with Gasteiger partial charge in [-0.2, -0.15) is 0 Å². The van der Waals surface area contributed by atoms with E-state index in [0.717, 1.165) is 32.8 Å². The van der Waals surface area contributed by atoms with Crippen LogP contribution in [0, 0.1) is 0 Å². The van der Waals surface area contributed by atoms with Gasteiger partial charge < -0.3 is 14.2 Å². The molecule has 1 saturated heterocycles. The Hall–Kier alpha value is -0.650. The zero-order chi connectivity index (χ0) is 10.9. The highest BCUT2D eigenvalue weighted by molar-refractivity contribution is 5.70. The number of rotatable bonds is 6. The number of nitrogens with zero attached hydrogens (tertiary/aromatic N) is 1. The molecule has 0 N–H and O–H groups in total. The van der Waals surface area contributed by atoms with E-state index in [-0.39, 0.29) is 12.6 Å². The zero-order valence-electron chi connectivity index (χ0n) is 9.24. The lowest BCUT2D eigenvalue weighted by atomic mass is 10.4. The molecule has 1 aliphatic rings. The molecule has 0 aromatic rings. The van der Waals surface area contributed by atoms with Gasteiger partial charge in [-0.05, 0) is 6.92 Å². The Morgan fingerprint density at radius 2 is 2.13 bits per heavy atom. The Bertz CT molecular complexity index is 180. The van der Waals surface area contributed by atoms with E-state index in [1.165, 1.54) is 0 Å². The highest BCUT2D eigenvalue weighted by atomic mass is 16.6. The van der Waals surface area contributed by atoms with Crippen molar-refractivity contribution in [1.29, 1.82) is 0 Å². The van der Waals surface area contributed by atoms with Crippen LogP contribution in [0.5, 0.6) is 0 Å². The maximum absolute atomic E-state index is 11.1. The van der Waals surface area contributed by atoms with Crippen LogP contribution in [0.3, 0.4) is 0 Å². The summed E-state index contributed by atoms with van der Waals surface area (Å²) in [7, 11) is 0. The fourth-order valence-corrected chi connectivity index (χ4v) is 1.34. The molecule has 1 rings (SSSR count). The molecule has 0 radical (unpaired) electrons. The third-order valence-corrected chi connectivity index (χ3v) is 2.20. The third kappa shape index (κ3) is 5.71. The van der Waals surface area contributed by atoms with E-state index in [1.807, 2.05) is 6.92 Å². The predicted octanol–water partition coefficient (Wildman–Crippen LogP) is -0.102. The van der Waals surface area contributed by atoms with E-state index in [9.17, 15) is 4.79 Å². The summed E-state index contributed by atoms with van der Waals surface area (Å²) in [5.41, 5.74) is 0. The zero-order valence-corrected chi connectivity index (χ0v) is 9.24. The van der Waals surface area contributed by atoms with Crippen molar-refractivity contribution in [3.63, 3.8) is 0 Å². The maximum Gasteiger partial charge on any atom is 0.332 e.